The Labute approximate surface area is 135 Å². The van der Waals surface area contributed by atoms with Crippen LogP contribution in [0.25, 0.3) is 0 Å². The molecule has 0 unspecified atom stereocenters. The van der Waals surface area contributed by atoms with E-state index in [1.165, 1.54) is 0 Å². The van der Waals surface area contributed by atoms with Crippen molar-refractivity contribution in [1.29, 1.82) is 0 Å². The van der Waals surface area contributed by atoms with Crippen LogP contribution in [0.5, 0.6) is 5.75 Å². The maximum atomic E-state index is 6.04. The predicted octanol–water partition coefficient (Wildman–Crippen LogP) is 2.03. The molecule has 7 heteroatoms. The molecule has 0 saturated heterocycles. The van der Waals surface area contributed by atoms with Crippen molar-refractivity contribution in [2.24, 2.45) is 5.73 Å². The monoisotopic (exact) mass is 333 g/mol. The van der Waals surface area contributed by atoms with Crippen molar-refractivity contribution in [3.63, 3.8) is 0 Å². The summed E-state index contributed by atoms with van der Waals surface area (Å²) < 4.78 is 21.1. The molecule has 0 aliphatic rings. The van der Waals surface area contributed by atoms with Crippen molar-refractivity contribution in [2.45, 2.75) is 0 Å². The van der Waals surface area contributed by atoms with Gasteiger partial charge in [0.25, 0.3) is 0 Å². The molecule has 0 saturated carbocycles. The summed E-state index contributed by atoms with van der Waals surface area (Å²) in [4.78, 5) is 0.211. The lowest BCUT2D eigenvalue weighted by Crippen LogP contribution is -2.15. The Kier molecular flexibility index (Phi) is 9.29. The van der Waals surface area contributed by atoms with E-state index >= 15 is 0 Å². The van der Waals surface area contributed by atoms with Gasteiger partial charge in [0, 0.05) is 7.11 Å². The van der Waals surface area contributed by atoms with Crippen LogP contribution in [0.4, 0.5) is 0 Å². The zero-order chi connectivity index (χ0) is 15.5. The maximum absolute atomic E-state index is 6.04. The van der Waals surface area contributed by atoms with Crippen molar-refractivity contribution in [1.82, 2.24) is 0 Å². The molecular formula is C14H20ClNO4S. The van der Waals surface area contributed by atoms with Crippen LogP contribution in [0.2, 0.25) is 5.02 Å². The first-order chi connectivity index (χ1) is 10.2. The molecule has 0 atom stereocenters. The molecule has 0 spiro atoms. The van der Waals surface area contributed by atoms with Crippen molar-refractivity contribution in [3.8, 4) is 5.75 Å². The number of rotatable bonds is 11. The van der Waals surface area contributed by atoms with E-state index in [0.29, 0.717) is 56.0 Å². The Morgan fingerprint density at radius 1 is 1.10 bits per heavy atom. The molecule has 1 aromatic carbocycles. The minimum atomic E-state index is 0.211. The first-order valence-corrected chi connectivity index (χ1v) is 7.31. The van der Waals surface area contributed by atoms with Gasteiger partial charge in [-0.1, -0.05) is 29.9 Å². The number of hydrogen-bond donors (Lipinski definition) is 1. The Morgan fingerprint density at radius 3 is 2.33 bits per heavy atom. The highest BCUT2D eigenvalue weighted by Gasteiger charge is 2.10. The van der Waals surface area contributed by atoms with E-state index in [1.54, 1.807) is 25.3 Å². The van der Waals surface area contributed by atoms with Crippen LogP contribution in [0.1, 0.15) is 5.56 Å². The van der Waals surface area contributed by atoms with Crippen molar-refractivity contribution in [3.05, 3.63) is 28.8 Å². The Hall–Kier alpha value is -0.920. The van der Waals surface area contributed by atoms with E-state index in [-0.39, 0.29) is 4.99 Å². The van der Waals surface area contributed by atoms with Gasteiger partial charge in [-0.15, -0.1) is 0 Å². The molecule has 21 heavy (non-hydrogen) atoms. The van der Waals surface area contributed by atoms with Crippen LogP contribution in [0.3, 0.4) is 0 Å². The van der Waals surface area contributed by atoms with E-state index < -0.39 is 0 Å². The lowest BCUT2D eigenvalue weighted by molar-refractivity contribution is 0.0179. The second-order valence-electron chi connectivity index (χ2n) is 4.04. The number of halogens is 1. The summed E-state index contributed by atoms with van der Waals surface area (Å²) in [6, 6.07) is 5.27. The summed E-state index contributed by atoms with van der Waals surface area (Å²) >= 11 is 11.0. The van der Waals surface area contributed by atoms with E-state index in [9.17, 15) is 0 Å². The highest BCUT2D eigenvalue weighted by atomic mass is 35.5. The lowest BCUT2D eigenvalue weighted by atomic mass is 10.2. The summed E-state index contributed by atoms with van der Waals surface area (Å²) in [5.74, 6) is 0.565. The molecule has 0 heterocycles. The fourth-order valence-corrected chi connectivity index (χ4v) is 2.07. The van der Waals surface area contributed by atoms with E-state index in [2.05, 4.69) is 0 Å². The van der Waals surface area contributed by atoms with Gasteiger partial charge in [0.15, 0.2) is 0 Å². The van der Waals surface area contributed by atoms with Crippen molar-refractivity contribution < 1.29 is 18.9 Å². The number of methoxy groups -OCH3 is 1. The highest BCUT2D eigenvalue weighted by Crippen LogP contribution is 2.26. The van der Waals surface area contributed by atoms with E-state index in [0.717, 1.165) is 0 Å². The van der Waals surface area contributed by atoms with Gasteiger partial charge in [0.1, 0.15) is 17.3 Å². The topological polar surface area (TPSA) is 62.9 Å². The van der Waals surface area contributed by atoms with E-state index in [1.807, 2.05) is 0 Å². The minimum Gasteiger partial charge on any atom is -0.490 e. The van der Waals surface area contributed by atoms with Crippen LogP contribution in [0.15, 0.2) is 18.2 Å². The fraction of sp³-hybridized carbons (Fsp3) is 0.500. The van der Waals surface area contributed by atoms with Crippen LogP contribution < -0.4 is 10.5 Å². The maximum Gasteiger partial charge on any atom is 0.131 e. The molecule has 0 bridgehead atoms. The third-order valence-electron chi connectivity index (χ3n) is 2.51. The molecule has 5 nitrogen and oxygen atoms in total. The number of benzene rings is 1. The predicted molar refractivity (Wildman–Crippen MR) is 86.3 cm³/mol. The molecular weight excluding hydrogens is 314 g/mol. The number of thiocarbonyl (C=S) groups is 1. The van der Waals surface area contributed by atoms with Gasteiger partial charge in [-0.05, 0) is 12.1 Å². The summed E-state index contributed by atoms with van der Waals surface area (Å²) in [5.41, 5.74) is 6.19. The SMILES string of the molecule is COCCOCCOCCOc1cccc(Cl)c1C(N)=S. The Balaban J connectivity index is 2.21. The Bertz CT molecular complexity index is 445. The minimum absolute atomic E-state index is 0.211. The molecule has 1 rings (SSSR count). The average Bonchev–Trinajstić information content (AvgIpc) is 2.45. The first-order valence-electron chi connectivity index (χ1n) is 6.52. The summed E-state index contributed by atoms with van der Waals surface area (Å²) in [5, 5.41) is 0.479. The van der Waals surface area contributed by atoms with Crippen molar-refractivity contribution >= 4 is 28.8 Å². The van der Waals surface area contributed by atoms with Gasteiger partial charge in [0.2, 0.25) is 0 Å². The molecule has 0 aliphatic heterocycles. The third-order valence-corrected chi connectivity index (χ3v) is 3.03. The quantitative estimate of drug-likeness (QED) is 0.494. The zero-order valence-corrected chi connectivity index (χ0v) is 13.5. The number of nitrogens with two attached hydrogens (primary N) is 1. The lowest BCUT2D eigenvalue weighted by Gasteiger charge is -2.12. The first kappa shape index (κ1) is 18.1. The van der Waals surface area contributed by atoms with Crippen LogP contribution in [0, 0.1) is 0 Å². The van der Waals surface area contributed by atoms with Crippen LogP contribution >= 0.6 is 23.8 Å². The second kappa shape index (κ2) is 10.8. The normalized spacial score (nSPS) is 10.6. The summed E-state index contributed by atoms with van der Waals surface area (Å²) in [6.45, 7) is 3.00. The molecule has 0 amide bonds. The van der Waals surface area contributed by atoms with Gasteiger partial charge >= 0.3 is 0 Å². The molecule has 0 fully saturated rings. The van der Waals surface area contributed by atoms with Gasteiger partial charge in [0.05, 0.1) is 43.6 Å². The van der Waals surface area contributed by atoms with Gasteiger partial charge in [-0.3, -0.25) is 0 Å². The standard InChI is InChI=1S/C14H20ClNO4S/c1-17-5-6-18-7-8-19-9-10-20-12-4-2-3-11(15)13(12)14(16)21/h2-4H,5-10H2,1H3,(H2,16,21). The van der Waals surface area contributed by atoms with Crippen LogP contribution in [-0.4, -0.2) is 51.7 Å². The zero-order valence-electron chi connectivity index (χ0n) is 12.0. The fourth-order valence-electron chi connectivity index (χ4n) is 1.54. The van der Waals surface area contributed by atoms with Gasteiger partial charge in [-0.25, -0.2) is 0 Å². The Morgan fingerprint density at radius 2 is 1.71 bits per heavy atom. The molecule has 0 radical (unpaired) electrons. The number of ether oxygens (including phenoxy) is 4. The van der Waals surface area contributed by atoms with Gasteiger partial charge < -0.3 is 24.7 Å². The molecule has 118 valence electrons. The molecule has 1 aromatic rings. The molecule has 0 aliphatic carbocycles. The average molecular weight is 334 g/mol. The summed E-state index contributed by atoms with van der Waals surface area (Å²) in [6.07, 6.45) is 0. The summed E-state index contributed by atoms with van der Waals surface area (Å²) in [7, 11) is 1.63. The van der Waals surface area contributed by atoms with Crippen LogP contribution in [-0.2, 0) is 14.2 Å². The van der Waals surface area contributed by atoms with Gasteiger partial charge in [-0.2, -0.15) is 0 Å². The van der Waals surface area contributed by atoms with E-state index in [4.69, 9.17) is 48.5 Å². The third kappa shape index (κ3) is 7.06. The smallest absolute Gasteiger partial charge is 0.131 e. The molecule has 2 N–H and O–H groups in total. The molecule has 0 aromatic heterocycles. The highest BCUT2D eigenvalue weighted by molar-refractivity contribution is 7.80. The second-order valence-corrected chi connectivity index (χ2v) is 4.89. The largest absolute Gasteiger partial charge is 0.490 e. The van der Waals surface area contributed by atoms with Crippen molar-refractivity contribution in [2.75, 3.05) is 46.8 Å². The number of hydrogen-bond acceptors (Lipinski definition) is 5.